The zero-order chi connectivity index (χ0) is 12.8. The van der Waals surface area contributed by atoms with Gasteiger partial charge >= 0.3 is 0 Å². The fourth-order valence-corrected chi connectivity index (χ4v) is 3.22. The maximum atomic E-state index is 12.4. The van der Waals surface area contributed by atoms with Gasteiger partial charge in [-0.3, -0.25) is 4.79 Å². The molecule has 2 aliphatic rings. The van der Waals surface area contributed by atoms with Crippen LogP contribution in [0, 0.1) is 0 Å². The summed E-state index contributed by atoms with van der Waals surface area (Å²) in [5.74, 6) is 0.339. The lowest BCUT2D eigenvalue weighted by molar-refractivity contribution is -0.122. The second-order valence-corrected chi connectivity index (χ2v) is 5.31. The molecular formula is C14H18N2O2. The summed E-state index contributed by atoms with van der Waals surface area (Å²) in [6.07, 6.45) is 5.17. The average molecular weight is 246 g/mol. The van der Waals surface area contributed by atoms with Crippen molar-refractivity contribution in [2.45, 2.75) is 37.6 Å². The molecule has 3 rings (SSSR count). The van der Waals surface area contributed by atoms with E-state index in [9.17, 15) is 9.90 Å². The Kier molecular flexibility index (Phi) is 2.47. The van der Waals surface area contributed by atoms with Crippen molar-refractivity contribution in [3.63, 3.8) is 0 Å². The van der Waals surface area contributed by atoms with Gasteiger partial charge in [0.1, 0.15) is 11.3 Å². The van der Waals surface area contributed by atoms with Crippen LogP contribution in [-0.4, -0.2) is 23.6 Å². The van der Waals surface area contributed by atoms with Gasteiger partial charge in [0.2, 0.25) is 5.91 Å². The number of carbonyl (C=O) groups is 1. The first-order valence-electron chi connectivity index (χ1n) is 6.52. The molecule has 4 heteroatoms. The Morgan fingerprint density at radius 3 is 2.72 bits per heavy atom. The van der Waals surface area contributed by atoms with Crippen molar-refractivity contribution >= 4 is 17.3 Å². The molecule has 0 unspecified atom stereocenters. The van der Waals surface area contributed by atoms with Crippen molar-refractivity contribution in [1.29, 1.82) is 0 Å². The Labute approximate surface area is 107 Å². The van der Waals surface area contributed by atoms with E-state index in [1.54, 1.807) is 18.2 Å². The number of hydrogen-bond acceptors (Lipinski definition) is 3. The van der Waals surface area contributed by atoms with Crippen LogP contribution in [0.15, 0.2) is 18.2 Å². The molecule has 1 aliphatic carbocycles. The highest BCUT2D eigenvalue weighted by Crippen LogP contribution is 2.43. The molecule has 1 spiro atoms. The van der Waals surface area contributed by atoms with E-state index in [4.69, 9.17) is 0 Å². The van der Waals surface area contributed by atoms with E-state index in [0.29, 0.717) is 0 Å². The van der Waals surface area contributed by atoms with Gasteiger partial charge in [0.15, 0.2) is 0 Å². The fourth-order valence-electron chi connectivity index (χ4n) is 3.22. The first-order valence-corrected chi connectivity index (χ1v) is 6.52. The maximum absolute atomic E-state index is 12.4. The molecule has 1 fully saturated rings. The molecule has 0 radical (unpaired) electrons. The van der Waals surface area contributed by atoms with Crippen LogP contribution in [0.2, 0.25) is 0 Å². The number of likely N-dealkylation sites (N-methyl/N-ethyl adjacent to an activating group) is 1. The van der Waals surface area contributed by atoms with Crippen molar-refractivity contribution < 1.29 is 9.90 Å². The van der Waals surface area contributed by atoms with Crippen molar-refractivity contribution in [3.05, 3.63) is 18.2 Å². The van der Waals surface area contributed by atoms with Gasteiger partial charge in [0, 0.05) is 13.1 Å². The monoisotopic (exact) mass is 246 g/mol. The molecule has 2 N–H and O–H groups in total. The third-order valence-corrected chi connectivity index (χ3v) is 4.34. The standard InChI is InChI=1S/C14H18N2O2/c1-16-12-9-10(17)5-6-11(12)15-13(18)14(16)7-3-2-4-8-14/h5-6,9,17H,2-4,7-8H2,1H3,(H,15,18). The number of nitrogens with zero attached hydrogens (tertiary/aromatic N) is 1. The van der Waals surface area contributed by atoms with Crippen molar-refractivity contribution in [2.24, 2.45) is 0 Å². The summed E-state index contributed by atoms with van der Waals surface area (Å²) in [5.41, 5.74) is 1.28. The van der Waals surface area contributed by atoms with Gasteiger partial charge in [0.25, 0.3) is 0 Å². The largest absolute Gasteiger partial charge is 0.508 e. The number of carbonyl (C=O) groups excluding carboxylic acids is 1. The summed E-state index contributed by atoms with van der Waals surface area (Å²) < 4.78 is 0. The summed E-state index contributed by atoms with van der Waals surface area (Å²) in [6, 6.07) is 5.09. The Bertz CT molecular complexity index is 493. The van der Waals surface area contributed by atoms with Gasteiger partial charge in [-0.25, -0.2) is 0 Å². The summed E-state index contributed by atoms with van der Waals surface area (Å²) in [6.45, 7) is 0. The number of fused-ring (bicyclic) bond motifs is 1. The van der Waals surface area contributed by atoms with Crippen LogP contribution < -0.4 is 10.2 Å². The van der Waals surface area contributed by atoms with E-state index >= 15 is 0 Å². The maximum Gasteiger partial charge on any atom is 0.250 e. The highest BCUT2D eigenvalue weighted by atomic mass is 16.3. The van der Waals surface area contributed by atoms with E-state index in [1.165, 1.54) is 6.42 Å². The molecule has 1 amide bonds. The van der Waals surface area contributed by atoms with Crippen LogP contribution in [0.1, 0.15) is 32.1 Å². The van der Waals surface area contributed by atoms with E-state index in [1.807, 2.05) is 7.05 Å². The Morgan fingerprint density at radius 2 is 2.00 bits per heavy atom. The quantitative estimate of drug-likeness (QED) is 0.691. The first kappa shape index (κ1) is 11.4. The molecule has 96 valence electrons. The summed E-state index contributed by atoms with van der Waals surface area (Å²) >= 11 is 0. The highest BCUT2D eigenvalue weighted by Gasteiger charge is 2.46. The lowest BCUT2D eigenvalue weighted by Crippen LogP contribution is -2.59. The summed E-state index contributed by atoms with van der Waals surface area (Å²) in [5, 5.41) is 12.6. The molecule has 0 bridgehead atoms. The van der Waals surface area contributed by atoms with E-state index in [0.717, 1.165) is 37.1 Å². The van der Waals surface area contributed by atoms with Crippen molar-refractivity contribution in [2.75, 3.05) is 17.3 Å². The molecular weight excluding hydrogens is 228 g/mol. The van der Waals surface area contributed by atoms with Gasteiger partial charge in [-0.15, -0.1) is 0 Å². The summed E-state index contributed by atoms with van der Waals surface area (Å²) in [7, 11) is 1.96. The Balaban J connectivity index is 2.07. The second-order valence-electron chi connectivity index (χ2n) is 5.31. The Hall–Kier alpha value is -1.71. The minimum absolute atomic E-state index is 0.0999. The minimum atomic E-state index is -0.418. The van der Waals surface area contributed by atoms with Crippen molar-refractivity contribution in [3.8, 4) is 5.75 Å². The number of rotatable bonds is 0. The highest BCUT2D eigenvalue weighted by molar-refractivity contribution is 6.06. The number of hydrogen-bond donors (Lipinski definition) is 2. The van der Waals surface area contributed by atoms with Crippen molar-refractivity contribution in [1.82, 2.24) is 0 Å². The second kappa shape index (κ2) is 3.90. The number of anilines is 2. The SMILES string of the molecule is CN1c2cc(O)ccc2NC(=O)C12CCCCC2. The van der Waals surface area contributed by atoms with Gasteiger partial charge in [-0.05, 0) is 25.0 Å². The number of phenolic OH excluding ortho intramolecular Hbond substituents is 1. The van der Waals surface area contributed by atoms with Crippen LogP contribution in [0.5, 0.6) is 5.75 Å². The van der Waals surface area contributed by atoms with E-state index in [2.05, 4.69) is 10.2 Å². The van der Waals surface area contributed by atoms with Gasteiger partial charge in [0.05, 0.1) is 11.4 Å². The molecule has 18 heavy (non-hydrogen) atoms. The molecule has 0 saturated heterocycles. The van der Waals surface area contributed by atoms with Crippen LogP contribution >= 0.6 is 0 Å². The van der Waals surface area contributed by atoms with Gasteiger partial charge in [-0.1, -0.05) is 19.3 Å². The van der Waals surface area contributed by atoms with E-state index < -0.39 is 5.54 Å². The molecule has 1 aliphatic heterocycles. The lowest BCUT2D eigenvalue weighted by Gasteiger charge is -2.48. The van der Waals surface area contributed by atoms with Crippen LogP contribution in [0.3, 0.4) is 0 Å². The normalized spacial score (nSPS) is 21.6. The molecule has 1 aromatic carbocycles. The zero-order valence-electron chi connectivity index (χ0n) is 10.6. The third kappa shape index (κ3) is 1.48. The minimum Gasteiger partial charge on any atom is -0.508 e. The smallest absolute Gasteiger partial charge is 0.250 e. The first-order chi connectivity index (χ1) is 8.63. The fraction of sp³-hybridized carbons (Fsp3) is 0.500. The zero-order valence-corrected chi connectivity index (χ0v) is 10.6. The number of benzene rings is 1. The molecule has 1 aromatic rings. The predicted molar refractivity (Wildman–Crippen MR) is 71.0 cm³/mol. The van der Waals surface area contributed by atoms with Gasteiger partial charge < -0.3 is 15.3 Å². The van der Waals surface area contributed by atoms with Gasteiger partial charge in [-0.2, -0.15) is 0 Å². The number of amides is 1. The topological polar surface area (TPSA) is 52.6 Å². The molecule has 1 heterocycles. The van der Waals surface area contributed by atoms with Crippen LogP contribution in [-0.2, 0) is 4.79 Å². The van der Waals surface area contributed by atoms with E-state index in [-0.39, 0.29) is 11.7 Å². The van der Waals surface area contributed by atoms with Crippen LogP contribution in [0.4, 0.5) is 11.4 Å². The third-order valence-electron chi connectivity index (χ3n) is 4.34. The van der Waals surface area contributed by atoms with Crippen LogP contribution in [0.25, 0.3) is 0 Å². The lowest BCUT2D eigenvalue weighted by atomic mass is 9.78. The molecule has 0 aromatic heterocycles. The Morgan fingerprint density at radius 1 is 1.28 bits per heavy atom. The number of nitrogens with one attached hydrogen (secondary N) is 1. The molecule has 4 nitrogen and oxygen atoms in total. The summed E-state index contributed by atoms with van der Waals surface area (Å²) in [4.78, 5) is 14.5. The predicted octanol–water partition coefficient (Wildman–Crippen LogP) is 2.48. The number of phenols is 1. The average Bonchev–Trinajstić information content (AvgIpc) is 2.39. The molecule has 1 saturated carbocycles. The molecule has 0 atom stereocenters. The number of aromatic hydroxyl groups is 1.